The second-order valence-electron chi connectivity index (χ2n) is 1.79. The van der Waals surface area contributed by atoms with Crippen LogP contribution in [0.15, 0.2) is 18.2 Å². The first-order valence-corrected chi connectivity index (χ1v) is 3.17. The maximum Gasteiger partial charge on any atom is 0.298 e. The number of carbonyl (C=O) groups excluding carboxylic acids is 1. The van der Waals surface area contributed by atoms with Gasteiger partial charge in [0.25, 0.3) is 6.47 Å². The normalized spacial score (nSPS) is 9.27. The molecule has 0 saturated heterocycles. The fourth-order valence-corrected chi connectivity index (χ4v) is 0.723. The lowest BCUT2D eigenvalue weighted by Crippen LogP contribution is -1.88. The summed E-state index contributed by atoms with van der Waals surface area (Å²) in [7, 11) is 0. The summed E-state index contributed by atoms with van der Waals surface area (Å²) in [4.78, 5) is 9.79. The highest BCUT2D eigenvalue weighted by Crippen LogP contribution is 2.19. The van der Waals surface area contributed by atoms with Crippen molar-refractivity contribution in [3.05, 3.63) is 29.0 Å². The highest BCUT2D eigenvalue weighted by atomic mass is 35.5. The molecule has 58 valence electrons. The van der Waals surface area contributed by atoms with Gasteiger partial charge in [0.15, 0.2) is 0 Å². The van der Waals surface area contributed by atoms with E-state index in [1.165, 1.54) is 12.1 Å². The molecule has 1 rings (SSSR count). The first-order valence-electron chi connectivity index (χ1n) is 2.79. The smallest absolute Gasteiger partial charge is 0.298 e. The quantitative estimate of drug-likeness (QED) is 0.642. The Morgan fingerprint density at radius 2 is 2.27 bits per heavy atom. The minimum atomic E-state index is -0.606. The summed E-state index contributed by atoms with van der Waals surface area (Å²) < 4.78 is 16.9. The Balaban J connectivity index is 2.95. The number of hydrogen-bond acceptors (Lipinski definition) is 2. The lowest BCUT2D eigenvalue weighted by atomic mass is 10.3. The van der Waals surface area contributed by atoms with E-state index in [1.807, 2.05) is 0 Å². The van der Waals surface area contributed by atoms with Gasteiger partial charge in [-0.1, -0.05) is 11.6 Å². The van der Waals surface area contributed by atoms with Gasteiger partial charge in [-0.3, -0.25) is 4.79 Å². The van der Waals surface area contributed by atoms with Crippen molar-refractivity contribution in [3.63, 3.8) is 0 Å². The fraction of sp³-hybridized carbons (Fsp3) is 0. The van der Waals surface area contributed by atoms with Crippen molar-refractivity contribution in [2.45, 2.75) is 0 Å². The molecular weight excluding hydrogens is 171 g/mol. The molecule has 0 atom stereocenters. The number of carbonyl (C=O) groups is 1. The van der Waals surface area contributed by atoms with Crippen LogP contribution in [0.25, 0.3) is 0 Å². The minimum absolute atomic E-state index is 0.00301. The van der Waals surface area contributed by atoms with E-state index in [1.54, 1.807) is 0 Å². The van der Waals surface area contributed by atoms with Crippen LogP contribution in [0.1, 0.15) is 0 Å². The predicted octanol–water partition coefficient (Wildman–Crippen LogP) is 2.01. The van der Waals surface area contributed by atoms with E-state index in [0.717, 1.165) is 6.07 Å². The molecule has 0 amide bonds. The molecule has 1 aromatic carbocycles. The van der Waals surface area contributed by atoms with Crippen LogP contribution in [-0.2, 0) is 4.79 Å². The number of rotatable bonds is 2. The average Bonchev–Trinajstić information content (AvgIpc) is 1.98. The van der Waals surface area contributed by atoms with Gasteiger partial charge in [-0.25, -0.2) is 4.39 Å². The first-order chi connectivity index (χ1) is 5.24. The summed E-state index contributed by atoms with van der Waals surface area (Å²) in [6.45, 7) is 0.225. The second-order valence-corrected chi connectivity index (χ2v) is 2.20. The zero-order valence-electron chi connectivity index (χ0n) is 5.38. The van der Waals surface area contributed by atoms with Crippen LogP contribution in [-0.4, -0.2) is 6.47 Å². The van der Waals surface area contributed by atoms with Gasteiger partial charge in [-0.05, 0) is 12.1 Å². The maximum atomic E-state index is 12.6. The molecule has 0 aliphatic heterocycles. The molecule has 0 fully saturated rings. The molecule has 2 nitrogen and oxygen atoms in total. The SMILES string of the molecule is O=COc1ccc(Cl)c(F)c1. The summed E-state index contributed by atoms with van der Waals surface area (Å²) >= 11 is 5.36. The maximum absolute atomic E-state index is 12.6. The van der Waals surface area contributed by atoms with Gasteiger partial charge < -0.3 is 4.74 Å². The van der Waals surface area contributed by atoms with E-state index >= 15 is 0 Å². The van der Waals surface area contributed by atoms with Crippen molar-refractivity contribution in [1.29, 1.82) is 0 Å². The van der Waals surface area contributed by atoms with Gasteiger partial charge in [0.2, 0.25) is 0 Å². The Hall–Kier alpha value is -1.09. The lowest BCUT2D eigenvalue weighted by Gasteiger charge is -1.97. The van der Waals surface area contributed by atoms with Crippen LogP contribution < -0.4 is 4.74 Å². The van der Waals surface area contributed by atoms with Crippen molar-refractivity contribution < 1.29 is 13.9 Å². The van der Waals surface area contributed by atoms with Crippen LogP contribution in [0, 0.1) is 5.82 Å². The first kappa shape index (κ1) is 8.01. The molecule has 0 aromatic heterocycles. The van der Waals surface area contributed by atoms with E-state index in [2.05, 4.69) is 4.74 Å². The summed E-state index contributed by atoms with van der Waals surface area (Å²) in [6.07, 6.45) is 0. The summed E-state index contributed by atoms with van der Waals surface area (Å²) in [5.41, 5.74) is 0. The Labute approximate surface area is 67.5 Å². The zero-order valence-corrected chi connectivity index (χ0v) is 6.14. The third-order valence-corrected chi connectivity index (χ3v) is 1.38. The van der Waals surface area contributed by atoms with E-state index in [0.29, 0.717) is 0 Å². The Bertz CT molecular complexity index is 275. The van der Waals surface area contributed by atoms with Crippen LogP contribution in [0.4, 0.5) is 4.39 Å². The third kappa shape index (κ3) is 1.91. The second kappa shape index (κ2) is 3.34. The molecule has 0 bridgehead atoms. The molecule has 11 heavy (non-hydrogen) atoms. The fourth-order valence-electron chi connectivity index (χ4n) is 0.606. The van der Waals surface area contributed by atoms with Crippen molar-refractivity contribution in [2.24, 2.45) is 0 Å². The zero-order chi connectivity index (χ0) is 8.27. The van der Waals surface area contributed by atoms with Crippen molar-refractivity contribution in [3.8, 4) is 5.75 Å². The number of benzene rings is 1. The van der Waals surface area contributed by atoms with E-state index < -0.39 is 5.82 Å². The highest BCUT2D eigenvalue weighted by Gasteiger charge is 2.00. The molecule has 0 saturated carbocycles. The number of hydrogen-bond donors (Lipinski definition) is 0. The van der Waals surface area contributed by atoms with Crippen LogP contribution in [0.3, 0.4) is 0 Å². The average molecular weight is 175 g/mol. The van der Waals surface area contributed by atoms with Crippen molar-refractivity contribution >= 4 is 18.1 Å². The molecule has 1 aromatic rings. The van der Waals surface area contributed by atoms with Gasteiger partial charge in [0.05, 0.1) is 5.02 Å². The Morgan fingerprint density at radius 3 is 2.82 bits per heavy atom. The van der Waals surface area contributed by atoms with Gasteiger partial charge in [-0.15, -0.1) is 0 Å². The van der Waals surface area contributed by atoms with E-state index in [-0.39, 0.29) is 17.2 Å². The highest BCUT2D eigenvalue weighted by molar-refractivity contribution is 6.30. The molecule has 0 radical (unpaired) electrons. The van der Waals surface area contributed by atoms with Gasteiger partial charge in [-0.2, -0.15) is 0 Å². The molecule has 0 spiro atoms. The van der Waals surface area contributed by atoms with Crippen molar-refractivity contribution in [1.82, 2.24) is 0 Å². The van der Waals surface area contributed by atoms with E-state index in [9.17, 15) is 9.18 Å². The predicted molar refractivity (Wildman–Crippen MR) is 38.1 cm³/mol. The lowest BCUT2D eigenvalue weighted by molar-refractivity contribution is -0.120. The van der Waals surface area contributed by atoms with E-state index in [4.69, 9.17) is 11.6 Å². The monoisotopic (exact) mass is 174 g/mol. The molecule has 0 heterocycles. The van der Waals surface area contributed by atoms with Gasteiger partial charge in [0, 0.05) is 6.07 Å². The number of halogens is 2. The van der Waals surface area contributed by atoms with Crippen molar-refractivity contribution in [2.75, 3.05) is 0 Å². The summed E-state index contributed by atoms with van der Waals surface area (Å²) in [5, 5.41) is 0.00301. The Kier molecular flexibility index (Phi) is 2.44. The third-order valence-electron chi connectivity index (χ3n) is 1.08. The van der Waals surface area contributed by atoms with Crippen LogP contribution in [0.5, 0.6) is 5.75 Å². The molecule has 0 aliphatic rings. The molecule has 0 N–H and O–H groups in total. The Morgan fingerprint density at radius 1 is 1.55 bits per heavy atom. The largest absolute Gasteiger partial charge is 0.429 e. The molecule has 0 aliphatic carbocycles. The molecule has 4 heteroatoms. The topological polar surface area (TPSA) is 26.3 Å². The van der Waals surface area contributed by atoms with Crippen LogP contribution in [0.2, 0.25) is 5.02 Å². The minimum Gasteiger partial charge on any atom is -0.429 e. The van der Waals surface area contributed by atoms with Gasteiger partial charge >= 0.3 is 0 Å². The summed E-state index contributed by atoms with van der Waals surface area (Å²) in [6, 6.07) is 3.76. The van der Waals surface area contributed by atoms with Gasteiger partial charge in [0.1, 0.15) is 11.6 Å². The molecule has 0 unspecified atom stereocenters. The van der Waals surface area contributed by atoms with Crippen LogP contribution >= 0.6 is 11.6 Å². The number of ether oxygens (including phenoxy) is 1. The molecular formula is C7H4ClFO2. The standard InChI is InChI=1S/C7H4ClFO2/c8-6-2-1-5(11-4-10)3-7(6)9/h1-4H. The summed E-state index contributed by atoms with van der Waals surface area (Å²) in [5.74, 6) is -0.465.